The van der Waals surface area contributed by atoms with Gasteiger partial charge in [-0.05, 0) is 31.0 Å². The quantitative estimate of drug-likeness (QED) is 0.893. The lowest BCUT2D eigenvalue weighted by molar-refractivity contribution is 0.0304. The number of nitrogens with one attached hydrogen (secondary N) is 1. The Balaban J connectivity index is 2.00. The lowest BCUT2D eigenvalue weighted by Gasteiger charge is -2.30. The van der Waals surface area contributed by atoms with Crippen molar-refractivity contribution in [2.24, 2.45) is 0 Å². The first-order valence-electron chi connectivity index (χ1n) is 6.03. The minimum atomic E-state index is -0.572. The second-order valence-corrected chi connectivity index (χ2v) is 6.04. The molecule has 0 bridgehead atoms. The van der Waals surface area contributed by atoms with Crippen LogP contribution in [0, 0.1) is 0 Å². The minimum absolute atomic E-state index is 0.170. The van der Waals surface area contributed by atoms with Crippen LogP contribution in [0.4, 0.5) is 0 Å². The first-order valence-corrected chi connectivity index (χ1v) is 7.20. The van der Waals surface area contributed by atoms with Crippen LogP contribution in [0.15, 0.2) is 22.7 Å². The van der Waals surface area contributed by atoms with Gasteiger partial charge in [-0.3, -0.25) is 0 Å². The highest BCUT2D eigenvalue weighted by Gasteiger charge is 2.22. The normalized spacial score (nSPS) is 26.0. The maximum Gasteiger partial charge on any atom is 0.0820 e. The van der Waals surface area contributed by atoms with E-state index in [-0.39, 0.29) is 6.04 Å². The molecule has 1 aliphatic heterocycles. The molecule has 1 aromatic carbocycles. The van der Waals surface area contributed by atoms with E-state index in [4.69, 9.17) is 16.3 Å². The SMILES string of the molecule is CC1COCC(CC(O)c2ccc(Br)cc2Cl)N1. The molecule has 0 amide bonds. The molecule has 2 N–H and O–H groups in total. The monoisotopic (exact) mass is 333 g/mol. The van der Waals surface area contributed by atoms with Crippen LogP contribution in [-0.2, 0) is 4.74 Å². The van der Waals surface area contributed by atoms with Gasteiger partial charge >= 0.3 is 0 Å². The molecule has 1 aromatic rings. The zero-order chi connectivity index (χ0) is 13.1. The van der Waals surface area contributed by atoms with E-state index in [1.807, 2.05) is 12.1 Å². The van der Waals surface area contributed by atoms with Crippen LogP contribution in [0.1, 0.15) is 25.0 Å². The summed E-state index contributed by atoms with van der Waals surface area (Å²) in [5, 5.41) is 14.2. The first-order chi connectivity index (χ1) is 8.56. The Morgan fingerprint density at radius 3 is 3.00 bits per heavy atom. The van der Waals surface area contributed by atoms with Crippen molar-refractivity contribution in [1.29, 1.82) is 0 Å². The molecular weight excluding hydrogens is 318 g/mol. The van der Waals surface area contributed by atoms with Crippen LogP contribution in [0.5, 0.6) is 0 Å². The zero-order valence-electron chi connectivity index (χ0n) is 10.2. The van der Waals surface area contributed by atoms with Gasteiger partial charge in [-0.15, -0.1) is 0 Å². The second-order valence-electron chi connectivity index (χ2n) is 4.72. The number of hydrogen-bond acceptors (Lipinski definition) is 3. The maximum atomic E-state index is 10.2. The van der Waals surface area contributed by atoms with Gasteiger partial charge in [-0.25, -0.2) is 0 Å². The van der Waals surface area contributed by atoms with E-state index < -0.39 is 6.10 Å². The highest BCUT2D eigenvalue weighted by atomic mass is 79.9. The molecule has 3 unspecified atom stereocenters. The summed E-state index contributed by atoms with van der Waals surface area (Å²) >= 11 is 9.48. The van der Waals surface area contributed by atoms with Gasteiger partial charge in [0.2, 0.25) is 0 Å². The fraction of sp³-hybridized carbons (Fsp3) is 0.538. The number of benzene rings is 1. The van der Waals surface area contributed by atoms with Gasteiger partial charge < -0.3 is 15.2 Å². The van der Waals surface area contributed by atoms with Crippen molar-refractivity contribution in [3.8, 4) is 0 Å². The van der Waals surface area contributed by atoms with Gasteiger partial charge in [-0.1, -0.05) is 33.6 Å². The Bertz CT molecular complexity index is 416. The topological polar surface area (TPSA) is 41.5 Å². The van der Waals surface area contributed by atoms with Gasteiger partial charge in [0, 0.05) is 21.6 Å². The number of aliphatic hydroxyl groups is 1. The molecule has 100 valence electrons. The van der Waals surface area contributed by atoms with Gasteiger partial charge in [-0.2, -0.15) is 0 Å². The molecule has 5 heteroatoms. The third-order valence-corrected chi connectivity index (χ3v) is 3.86. The Hall–Kier alpha value is -0.130. The Morgan fingerprint density at radius 2 is 2.33 bits per heavy atom. The molecular formula is C13H17BrClNO2. The van der Waals surface area contributed by atoms with E-state index in [0.717, 1.165) is 16.6 Å². The number of aliphatic hydroxyl groups excluding tert-OH is 1. The lowest BCUT2D eigenvalue weighted by atomic mass is 10.0. The molecule has 0 aromatic heterocycles. The summed E-state index contributed by atoms with van der Waals surface area (Å²) in [6.45, 7) is 3.44. The van der Waals surface area contributed by atoms with Crippen LogP contribution in [0.25, 0.3) is 0 Å². The third kappa shape index (κ3) is 3.68. The molecule has 3 atom stereocenters. The molecule has 0 saturated carbocycles. The number of morpholine rings is 1. The average Bonchev–Trinajstić information content (AvgIpc) is 2.28. The second kappa shape index (κ2) is 6.35. The fourth-order valence-corrected chi connectivity index (χ4v) is 2.99. The number of halogens is 2. The van der Waals surface area contributed by atoms with Gasteiger partial charge in [0.25, 0.3) is 0 Å². The number of rotatable bonds is 3. The summed E-state index contributed by atoms with van der Waals surface area (Å²) < 4.78 is 6.38. The standard InChI is InChI=1S/C13H17BrClNO2/c1-8-6-18-7-10(16-8)5-13(17)11-3-2-9(14)4-12(11)15/h2-4,8,10,13,16-17H,5-7H2,1H3. The predicted octanol–water partition coefficient (Wildman–Crippen LogP) is 2.90. The fourth-order valence-electron chi connectivity index (χ4n) is 2.19. The minimum Gasteiger partial charge on any atom is -0.388 e. The van der Waals surface area contributed by atoms with E-state index in [1.165, 1.54) is 0 Å². The molecule has 1 fully saturated rings. The lowest BCUT2D eigenvalue weighted by Crippen LogP contribution is -2.47. The van der Waals surface area contributed by atoms with Crippen LogP contribution in [-0.4, -0.2) is 30.4 Å². The van der Waals surface area contributed by atoms with Crippen LogP contribution in [0.2, 0.25) is 5.02 Å². The summed E-state index contributed by atoms with van der Waals surface area (Å²) in [6, 6.07) is 6.04. The van der Waals surface area contributed by atoms with E-state index in [2.05, 4.69) is 28.2 Å². The van der Waals surface area contributed by atoms with Crippen LogP contribution >= 0.6 is 27.5 Å². The molecule has 0 spiro atoms. The van der Waals surface area contributed by atoms with Crippen molar-refractivity contribution < 1.29 is 9.84 Å². The van der Waals surface area contributed by atoms with Crippen molar-refractivity contribution in [2.75, 3.05) is 13.2 Å². The van der Waals surface area contributed by atoms with Crippen molar-refractivity contribution in [3.63, 3.8) is 0 Å². The molecule has 1 heterocycles. The Labute approximate surface area is 121 Å². The molecule has 18 heavy (non-hydrogen) atoms. The van der Waals surface area contributed by atoms with Crippen LogP contribution in [0.3, 0.4) is 0 Å². The maximum absolute atomic E-state index is 10.2. The van der Waals surface area contributed by atoms with E-state index in [9.17, 15) is 5.11 Å². The van der Waals surface area contributed by atoms with Gasteiger partial charge in [0.05, 0.1) is 19.3 Å². The largest absolute Gasteiger partial charge is 0.388 e. The van der Waals surface area contributed by atoms with Crippen molar-refractivity contribution in [3.05, 3.63) is 33.3 Å². The van der Waals surface area contributed by atoms with Crippen molar-refractivity contribution in [2.45, 2.75) is 31.5 Å². The molecule has 3 nitrogen and oxygen atoms in total. The Morgan fingerprint density at radius 1 is 1.56 bits per heavy atom. The number of hydrogen-bond donors (Lipinski definition) is 2. The first kappa shape index (κ1) is 14.3. The highest BCUT2D eigenvalue weighted by Crippen LogP contribution is 2.29. The van der Waals surface area contributed by atoms with Crippen molar-refractivity contribution in [1.82, 2.24) is 5.32 Å². The summed E-state index contributed by atoms with van der Waals surface area (Å²) in [6.07, 6.45) is 0.0306. The smallest absolute Gasteiger partial charge is 0.0820 e. The third-order valence-electron chi connectivity index (χ3n) is 3.04. The highest BCUT2D eigenvalue weighted by molar-refractivity contribution is 9.10. The molecule has 1 saturated heterocycles. The summed E-state index contributed by atoms with van der Waals surface area (Å²) in [4.78, 5) is 0. The molecule has 0 aliphatic carbocycles. The average molecular weight is 335 g/mol. The summed E-state index contributed by atoms with van der Waals surface area (Å²) in [5.74, 6) is 0. The molecule has 1 aliphatic rings. The molecule has 2 rings (SSSR count). The molecule has 0 radical (unpaired) electrons. The van der Waals surface area contributed by atoms with Crippen molar-refractivity contribution >= 4 is 27.5 Å². The summed E-state index contributed by atoms with van der Waals surface area (Å²) in [7, 11) is 0. The van der Waals surface area contributed by atoms with E-state index in [0.29, 0.717) is 24.1 Å². The van der Waals surface area contributed by atoms with Gasteiger partial charge in [0.1, 0.15) is 0 Å². The van der Waals surface area contributed by atoms with Crippen LogP contribution < -0.4 is 5.32 Å². The zero-order valence-corrected chi connectivity index (χ0v) is 12.5. The van der Waals surface area contributed by atoms with E-state index >= 15 is 0 Å². The Kier molecular flexibility index (Phi) is 5.04. The van der Waals surface area contributed by atoms with Gasteiger partial charge in [0.15, 0.2) is 0 Å². The van der Waals surface area contributed by atoms with E-state index in [1.54, 1.807) is 6.07 Å². The predicted molar refractivity (Wildman–Crippen MR) is 75.9 cm³/mol. The summed E-state index contributed by atoms with van der Waals surface area (Å²) in [5.41, 5.74) is 0.764. The number of ether oxygens (including phenoxy) is 1.